The van der Waals surface area contributed by atoms with E-state index in [0.717, 1.165) is 10.9 Å². The second-order valence-corrected chi connectivity index (χ2v) is 4.89. The highest BCUT2D eigenvalue weighted by Crippen LogP contribution is 2.10. The van der Waals surface area contributed by atoms with Crippen molar-refractivity contribution in [2.24, 2.45) is 0 Å². The van der Waals surface area contributed by atoms with Gasteiger partial charge in [-0.15, -0.1) is 23.2 Å². The van der Waals surface area contributed by atoms with Crippen LogP contribution in [0.15, 0.2) is 47.8 Å². The van der Waals surface area contributed by atoms with Gasteiger partial charge in [-0.25, -0.2) is 9.97 Å². The first-order valence-corrected chi connectivity index (χ1v) is 7.81. The molecule has 0 saturated heterocycles. The molecule has 0 unspecified atom stereocenters. The molecule has 0 aliphatic heterocycles. The van der Waals surface area contributed by atoms with Crippen LogP contribution in [0.5, 0.6) is 0 Å². The van der Waals surface area contributed by atoms with Gasteiger partial charge in [0.2, 0.25) is 0 Å². The van der Waals surface area contributed by atoms with Crippen molar-refractivity contribution < 1.29 is 0 Å². The van der Waals surface area contributed by atoms with Crippen LogP contribution >= 0.6 is 35.0 Å². The van der Waals surface area contributed by atoms with Crippen molar-refractivity contribution in [1.29, 1.82) is 0 Å². The molecule has 0 saturated carbocycles. The molecule has 100 valence electrons. The van der Waals surface area contributed by atoms with E-state index in [1.165, 1.54) is 5.56 Å². The molecule has 19 heavy (non-hydrogen) atoms. The fourth-order valence-corrected chi connectivity index (χ4v) is 1.65. The molecule has 0 N–H and O–H groups in total. The van der Waals surface area contributed by atoms with Crippen molar-refractivity contribution in [3.05, 3.63) is 53.9 Å². The second-order valence-electron chi connectivity index (χ2n) is 3.31. The Morgan fingerprint density at radius 2 is 1.79 bits per heavy atom. The molecule has 2 rings (SSSR count). The van der Waals surface area contributed by atoms with Gasteiger partial charge >= 0.3 is 0 Å². The Kier molecular flexibility index (Phi) is 8.30. The summed E-state index contributed by atoms with van der Waals surface area (Å²) in [5.41, 5.74) is 2.11. The maximum atomic E-state index is 4.76. The van der Waals surface area contributed by atoms with Crippen molar-refractivity contribution in [2.75, 3.05) is 11.6 Å². The van der Waals surface area contributed by atoms with Gasteiger partial charge in [-0.2, -0.15) is 0 Å². The zero-order valence-corrected chi connectivity index (χ0v) is 12.8. The summed E-state index contributed by atoms with van der Waals surface area (Å²) in [5.74, 6) is 0. The fourth-order valence-electron chi connectivity index (χ4n) is 1.29. The van der Waals surface area contributed by atoms with Crippen molar-refractivity contribution >= 4 is 47.1 Å². The quantitative estimate of drug-likeness (QED) is 0.463. The molecular weight excluding hydrogens is 299 g/mol. The lowest BCUT2D eigenvalue weighted by Gasteiger charge is -1.96. The van der Waals surface area contributed by atoms with Crippen LogP contribution in [-0.2, 0) is 0 Å². The van der Waals surface area contributed by atoms with Gasteiger partial charge in [-0.3, -0.25) is 0 Å². The Morgan fingerprint density at radius 1 is 1.11 bits per heavy atom. The molecule has 5 heteroatoms. The van der Waals surface area contributed by atoms with Crippen LogP contribution in [-0.4, -0.2) is 21.6 Å². The Labute approximate surface area is 127 Å². The fraction of sp³-hybridized carbons (Fsp3) is 0.143. The van der Waals surface area contributed by atoms with E-state index in [4.69, 9.17) is 23.2 Å². The van der Waals surface area contributed by atoms with Gasteiger partial charge in [0.15, 0.2) is 5.16 Å². The molecule has 0 radical (unpaired) electrons. The summed E-state index contributed by atoms with van der Waals surface area (Å²) in [6.45, 7) is 0. The number of alkyl halides is 2. The number of nitrogens with zero attached hydrogens (tertiary/aromatic N) is 2. The highest BCUT2D eigenvalue weighted by molar-refractivity contribution is 7.98. The molecule has 1 heterocycles. The lowest BCUT2D eigenvalue weighted by Crippen LogP contribution is -1.86. The first-order chi connectivity index (χ1) is 9.30. The van der Waals surface area contributed by atoms with Crippen molar-refractivity contribution in [1.82, 2.24) is 9.97 Å². The second kappa shape index (κ2) is 9.84. The number of hydrogen-bond acceptors (Lipinski definition) is 3. The SMILES string of the molecule is CSc1nccc(C=Cc2ccccc2)n1.ClCCl. The number of thioether (sulfide) groups is 1. The van der Waals surface area contributed by atoms with Crippen LogP contribution in [0.3, 0.4) is 0 Å². The third-order valence-electron chi connectivity index (χ3n) is 2.08. The number of halogens is 2. The molecule has 2 aromatic rings. The standard InChI is InChI=1S/C13H12N2S.CH2Cl2/c1-16-13-14-10-9-12(15-13)8-7-11-5-3-2-4-6-11;2-1-3/h2-10H,1H3;1H2. The minimum absolute atomic E-state index is 0.194. The van der Waals surface area contributed by atoms with E-state index in [9.17, 15) is 0 Å². The largest absolute Gasteiger partial charge is 0.231 e. The van der Waals surface area contributed by atoms with Crippen LogP contribution in [0.1, 0.15) is 11.3 Å². The number of rotatable bonds is 3. The van der Waals surface area contributed by atoms with E-state index in [-0.39, 0.29) is 5.34 Å². The van der Waals surface area contributed by atoms with Gasteiger partial charge in [0.05, 0.1) is 11.0 Å². The molecule has 1 aromatic carbocycles. The van der Waals surface area contributed by atoms with Crippen LogP contribution in [0.25, 0.3) is 12.2 Å². The first-order valence-electron chi connectivity index (χ1n) is 5.52. The maximum Gasteiger partial charge on any atom is 0.187 e. The lowest BCUT2D eigenvalue weighted by atomic mass is 10.2. The van der Waals surface area contributed by atoms with E-state index >= 15 is 0 Å². The molecule has 0 aliphatic rings. The van der Waals surface area contributed by atoms with Crippen LogP contribution in [0.2, 0.25) is 0 Å². The Morgan fingerprint density at radius 3 is 2.42 bits per heavy atom. The van der Waals surface area contributed by atoms with E-state index in [1.807, 2.05) is 42.7 Å². The van der Waals surface area contributed by atoms with Gasteiger partial charge in [0.25, 0.3) is 0 Å². The highest BCUT2D eigenvalue weighted by Gasteiger charge is 1.93. The molecule has 0 fully saturated rings. The molecule has 0 atom stereocenters. The molecule has 0 spiro atoms. The Bertz CT molecular complexity index is 504. The first kappa shape index (κ1) is 16.0. The summed E-state index contributed by atoms with van der Waals surface area (Å²) in [6.07, 6.45) is 7.80. The third kappa shape index (κ3) is 6.62. The highest BCUT2D eigenvalue weighted by atomic mass is 35.5. The summed E-state index contributed by atoms with van der Waals surface area (Å²) >= 11 is 11.1. The average Bonchev–Trinajstić information content (AvgIpc) is 2.47. The minimum atomic E-state index is 0.194. The van der Waals surface area contributed by atoms with E-state index in [1.54, 1.807) is 18.0 Å². The Balaban J connectivity index is 0.000000550. The van der Waals surface area contributed by atoms with Gasteiger partial charge in [0.1, 0.15) is 0 Å². The monoisotopic (exact) mass is 312 g/mol. The minimum Gasteiger partial charge on any atom is -0.231 e. The smallest absolute Gasteiger partial charge is 0.187 e. The molecular formula is C14H14Cl2N2S. The van der Waals surface area contributed by atoms with Gasteiger partial charge < -0.3 is 0 Å². The van der Waals surface area contributed by atoms with Crippen molar-refractivity contribution in [3.8, 4) is 0 Å². The lowest BCUT2D eigenvalue weighted by molar-refractivity contribution is 0.961. The van der Waals surface area contributed by atoms with E-state index in [2.05, 4.69) is 22.1 Å². The molecule has 0 amide bonds. The van der Waals surface area contributed by atoms with E-state index < -0.39 is 0 Å². The van der Waals surface area contributed by atoms with Crippen LogP contribution < -0.4 is 0 Å². The summed E-state index contributed by atoms with van der Waals surface area (Å²) in [7, 11) is 0. The predicted molar refractivity (Wildman–Crippen MR) is 85.8 cm³/mol. The average molecular weight is 313 g/mol. The Hall–Kier alpha value is -1.03. The van der Waals surface area contributed by atoms with Crippen molar-refractivity contribution in [2.45, 2.75) is 5.16 Å². The van der Waals surface area contributed by atoms with Crippen molar-refractivity contribution in [3.63, 3.8) is 0 Å². The summed E-state index contributed by atoms with van der Waals surface area (Å²) in [4.78, 5) is 8.50. The third-order valence-corrected chi connectivity index (χ3v) is 2.65. The zero-order valence-electron chi connectivity index (χ0n) is 10.5. The summed E-state index contributed by atoms with van der Waals surface area (Å²) in [6, 6.07) is 12.1. The van der Waals surface area contributed by atoms with Gasteiger partial charge in [-0.05, 0) is 24.0 Å². The van der Waals surface area contributed by atoms with E-state index in [0.29, 0.717) is 0 Å². The number of benzene rings is 1. The molecule has 0 bridgehead atoms. The molecule has 0 aliphatic carbocycles. The topological polar surface area (TPSA) is 25.8 Å². The normalized spacial score (nSPS) is 10.1. The van der Waals surface area contributed by atoms with Crippen LogP contribution in [0.4, 0.5) is 0 Å². The van der Waals surface area contributed by atoms with Gasteiger partial charge in [0, 0.05) is 6.20 Å². The predicted octanol–water partition coefficient (Wildman–Crippen LogP) is 4.79. The number of hydrogen-bond donors (Lipinski definition) is 0. The molecule has 1 aromatic heterocycles. The van der Waals surface area contributed by atoms with Gasteiger partial charge in [-0.1, -0.05) is 48.2 Å². The zero-order chi connectivity index (χ0) is 13.9. The maximum absolute atomic E-state index is 4.76. The number of aromatic nitrogens is 2. The molecule has 2 nitrogen and oxygen atoms in total. The summed E-state index contributed by atoms with van der Waals surface area (Å²) in [5, 5.41) is 0.996. The summed E-state index contributed by atoms with van der Waals surface area (Å²) < 4.78 is 0. The van der Waals surface area contributed by atoms with Crippen LogP contribution in [0, 0.1) is 0 Å².